The number of phenolic OH excluding ortho intramolecular Hbond substituents is 2. The fourth-order valence-corrected chi connectivity index (χ4v) is 2.13. The zero-order valence-corrected chi connectivity index (χ0v) is 11.5. The number of hydrogen-bond donors (Lipinski definition) is 2. The van der Waals surface area contributed by atoms with Gasteiger partial charge < -0.3 is 10.2 Å². The van der Waals surface area contributed by atoms with E-state index in [4.69, 9.17) is 0 Å². The monoisotopic (exact) mass is 272 g/mol. The van der Waals surface area contributed by atoms with Crippen LogP contribution in [0.3, 0.4) is 0 Å². The first-order chi connectivity index (χ1) is 9.49. The number of hydrogen-bond acceptors (Lipinski definition) is 2. The van der Waals surface area contributed by atoms with E-state index in [9.17, 15) is 14.6 Å². The highest BCUT2D eigenvalue weighted by atomic mass is 19.1. The van der Waals surface area contributed by atoms with Gasteiger partial charge in [0.05, 0.1) is 0 Å². The molecule has 3 heteroatoms. The molecule has 0 aromatic heterocycles. The second kappa shape index (κ2) is 5.78. The van der Waals surface area contributed by atoms with Gasteiger partial charge in [-0.3, -0.25) is 0 Å². The minimum atomic E-state index is -0.309. The molecule has 20 heavy (non-hydrogen) atoms. The van der Waals surface area contributed by atoms with Crippen molar-refractivity contribution < 1.29 is 14.6 Å². The second-order valence-electron chi connectivity index (χ2n) is 4.98. The summed E-state index contributed by atoms with van der Waals surface area (Å²) in [7, 11) is 0. The van der Waals surface area contributed by atoms with Crippen molar-refractivity contribution in [3.05, 3.63) is 58.9 Å². The largest absolute Gasteiger partial charge is 0.507 e. The fraction of sp³-hybridized carbons (Fsp3) is 0.176. The van der Waals surface area contributed by atoms with Gasteiger partial charge in [0.2, 0.25) is 0 Å². The Labute approximate surface area is 117 Å². The molecule has 2 aromatic rings. The molecule has 0 amide bonds. The summed E-state index contributed by atoms with van der Waals surface area (Å²) in [4.78, 5) is 0. The summed E-state index contributed by atoms with van der Waals surface area (Å²) in [5.41, 5.74) is 1.60. The van der Waals surface area contributed by atoms with Gasteiger partial charge in [-0.15, -0.1) is 0 Å². The Kier molecular flexibility index (Phi) is 4.08. The summed E-state index contributed by atoms with van der Waals surface area (Å²) in [6.07, 6.45) is 3.26. The van der Waals surface area contributed by atoms with Crippen LogP contribution in [0.1, 0.15) is 36.5 Å². The quantitative estimate of drug-likeness (QED) is 0.806. The summed E-state index contributed by atoms with van der Waals surface area (Å²) in [5, 5.41) is 19.9. The van der Waals surface area contributed by atoms with E-state index in [2.05, 4.69) is 0 Å². The van der Waals surface area contributed by atoms with Crippen LogP contribution in [-0.4, -0.2) is 10.2 Å². The molecule has 2 rings (SSSR count). The molecule has 0 saturated heterocycles. The lowest BCUT2D eigenvalue weighted by molar-refractivity contribution is 0.433. The molecule has 0 radical (unpaired) electrons. The first-order valence-electron chi connectivity index (χ1n) is 6.47. The van der Waals surface area contributed by atoms with Gasteiger partial charge in [0, 0.05) is 11.1 Å². The standard InChI is InChI=1S/C17H17FO2/c1-11(2)17-15(19)9-12(10-16(17)20)7-8-13-5-3-4-6-14(13)18/h3-11,19-20H,1-2H3/b8-7+. The predicted molar refractivity (Wildman–Crippen MR) is 79.2 cm³/mol. The Bertz CT molecular complexity index is 622. The molecule has 0 saturated carbocycles. The topological polar surface area (TPSA) is 40.5 Å². The van der Waals surface area contributed by atoms with E-state index in [1.807, 2.05) is 13.8 Å². The van der Waals surface area contributed by atoms with Crippen LogP contribution in [0.4, 0.5) is 4.39 Å². The van der Waals surface area contributed by atoms with Crippen molar-refractivity contribution in [2.45, 2.75) is 19.8 Å². The Morgan fingerprint density at radius 1 is 1.00 bits per heavy atom. The van der Waals surface area contributed by atoms with Crippen LogP contribution in [0, 0.1) is 5.82 Å². The highest BCUT2D eigenvalue weighted by molar-refractivity contribution is 5.72. The molecule has 0 atom stereocenters. The molecule has 0 aliphatic heterocycles. The molecule has 2 aromatic carbocycles. The maximum absolute atomic E-state index is 13.5. The molecule has 0 fully saturated rings. The second-order valence-corrected chi connectivity index (χ2v) is 4.98. The fourth-order valence-electron chi connectivity index (χ4n) is 2.13. The van der Waals surface area contributed by atoms with Crippen molar-refractivity contribution in [2.24, 2.45) is 0 Å². The van der Waals surface area contributed by atoms with Gasteiger partial charge >= 0.3 is 0 Å². The van der Waals surface area contributed by atoms with Crippen LogP contribution < -0.4 is 0 Å². The number of aromatic hydroxyl groups is 2. The van der Waals surface area contributed by atoms with E-state index >= 15 is 0 Å². The van der Waals surface area contributed by atoms with Gasteiger partial charge in [-0.1, -0.05) is 44.2 Å². The van der Waals surface area contributed by atoms with E-state index in [1.54, 1.807) is 42.5 Å². The van der Waals surface area contributed by atoms with Crippen LogP contribution in [0.25, 0.3) is 12.2 Å². The molecule has 0 unspecified atom stereocenters. The molecule has 0 aliphatic rings. The summed E-state index contributed by atoms with van der Waals surface area (Å²) < 4.78 is 13.5. The average Bonchev–Trinajstić information content (AvgIpc) is 2.36. The van der Waals surface area contributed by atoms with Crippen molar-refractivity contribution in [1.29, 1.82) is 0 Å². The van der Waals surface area contributed by atoms with Gasteiger partial charge in [-0.05, 0) is 29.7 Å². The van der Waals surface area contributed by atoms with E-state index in [0.717, 1.165) is 0 Å². The van der Waals surface area contributed by atoms with Crippen molar-refractivity contribution in [3.63, 3.8) is 0 Å². The van der Waals surface area contributed by atoms with Crippen molar-refractivity contribution in [3.8, 4) is 11.5 Å². The number of rotatable bonds is 3. The molecule has 0 aliphatic carbocycles. The van der Waals surface area contributed by atoms with E-state index in [0.29, 0.717) is 16.7 Å². The van der Waals surface area contributed by atoms with Crippen LogP contribution in [0.5, 0.6) is 11.5 Å². The Morgan fingerprint density at radius 2 is 1.60 bits per heavy atom. The normalized spacial score (nSPS) is 11.4. The lowest BCUT2D eigenvalue weighted by atomic mass is 9.98. The smallest absolute Gasteiger partial charge is 0.130 e. The SMILES string of the molecule is CC(C)c1c(O)cc(/C=C/c2ccccc2F)cc1O. The zero-order chi connectivity index (χ0) is 14.7. The summed E-state index contributed by atoms with van der Waals surface area (Å²) in [6.45, 7) is 3.78. The van der Waals surface area contributed by atoms with Crippen molar-refractivity contribution in [2.75, 3.05) is 0 Å². The van der Waals surface area contributed by atoms with Crippen LogP contribution in [-0.2, 0) is 0 Å². The van der Waals surface area contributed by atoms with Gasteiger partial charge in [-0.2, -0.15) is 0 Å². The highest BCUT2D eigenvalue weighted by Gasteiger charge is 2.12. The van der Waals surface area contributed by atoms with Gasteiger partial charge in [0.15, 0.2) is 0 Å². The van der Waals surface area contributed by atoms with Crippen molar-refractivity contribution in [1.82, 2.24) is 0 Å². The third kappa shape index (κ3) is 2.99. The van der Waals surface area contributed by atoms with E-state index < -0.39 is 0 Å². The molecule has 0 bridgehead atoms. The zero-order valence-electron chi connectivity index (χ0n) is 11.5. The third-order valence-corrected chi connectivity index (χ3v) is 3.10. The number of benzene rings is 2. The molecular weight excluding hydrogens is 255 g/mol. The van der Waals surface area contributed by atoms with Gasteiger partial charge in [0.1, 0.15) is 17.3 Å². The Hall–Kier alpha value is -2.29. The average molecular weight is 272 g/mol. The highest BCUT2D eigenvalue weighted by Crippen LogP contribution is 2.35. The van der Waals surface area contributed by atoms with E-state index in [-0.39, 0.29) is 23.2 Å². The van der Waals surface area contributed by atoms with Crippen LogP contribution in [0.15, 0.2) is 36.4 Å². The maximum atomic E-state index is 13.5. The Balaban J connectivity index is 2.34. The predicted octanol–water partition coefficient (Wildman–Crippen LogP) is 4.53. The lowest BCUT2D eigenvalue weighted by Crippen LogP contribution is -1.90. The molecule has 2 N–H and O–H groups in total. The Morgan fingerprint density at radius 3 is 2.15 bits per heavy atom. The summed E-state index contributed by atoms with van der Waals surface area (Å²) in [6, 6.07) is 9.55. The minimum Gasteiger partial charge on any atom is -0.507 e. The number of halogens is 1. The molecule has 2 nitrogen and oxygen atoms in total. The first kappa shape index (κ1) is 14.1. The van der Waals surface area contributed by atoms with Gasteiger partial charge in [-0.25, -0.2) is 4.39 Å². The van der Waals surface area contributed by atoms with Crippen molar-refractivity contribution >= 4 is 12.2 Å². The minimum absolute atomic E-state index is 0.0274. The lowest BCUT2D eigenvalue weighted by Gasteiger charge is -2.11. The number of phenols is 2. The molecule has 0 spiro atoms. The first-order valence-corrected chi connectivity index (χ1v) is 6.47. The third-order valence-electron chi connectivity index (χ3n) is 3.10. The summed E-state index contributed by atoms with van der Waals surface area (Å²) in [5.74, 6) is -0.183. The summed E-state index contributed by atoms with van der Waals surface area (Å²) >= 11 is 0. The van der Waals surface area contributed by atoms with Gasteiger partial charge in [0.25, 0.3) is 0 Å². The van der Waals surface area contributed by atoms with E-state index in [1.165, 1.54) is 6.07 Å². The molecular formula is C17H17FO2. The van der Waals surface area contributed by atoms with Crippen LogP contribution >= 0.6 is 0 Å². The molecule has 0 heterocycles. The van der Waals surface area contributed by atoms with Crippen LogP contribution in [0.2, 0.25) is 0 Å². The molecule has 104 valence electrons. The maximum Gasteiger partial charge on any atom is 0.130 e.